The maximum atomic E-state index is 13.0. The van der Waals surface area contributed by atoms with E-state index in [1.807, 2.05) is 0 Å². The normalized spacial score (nSPS) is 10.8. The van der Waals surface area contributed by atoms with E-state index in [-0.39, 0.29) is 0 Å². The second-order valence-electron chi connectivity index (χ2n) is 3.13. The number of rotatable bonds is 2. The maximum Gasteiger partial charge on any atom is 0.266 e. The van der Waals surface area contributed by atoms with Crippen molar-refractivity contribution >= 4 is 0 Å². The summed E-state index contributed by atoms with van der Waals surface area (Å²) in [6, 6.07) is 3.49. The summed E-state index contributed by atoms with van der Waals surface area (Å²) in [5.74, 6) is -0.914. The monoisotopic (exact) mass is 224 g/mol. The number of nitrogens with zero attached hydrogens (tertiary/aromatic N) is 2. The molecule has 0 unspecified atom stereocenters. The van der Waals surface area contributed by atoms with Crippen molar-refractivity contribution in [3.8, 4) is 11.3 Å². The molecule has 5 heteroatoms. The molecule has 0 amide bonds. The van der Waals surface area contributed by atoms with Crippen molar-refractivity contribution in [2.75, 3.05) is 0 Å². The van der Waals surface area contributed by atoms with E-state index in [0.717, 1.165) is 12.1 Å². The Hall–Kier alpha value is -1.91. The number of alkyl halides is 2. The smallest absolute Gasteiger partial charge is 0.261 e. The predicted molar refractivity (Wildman–Crippen MR) is 52.4 cm³/mol. The van der Waals surface area contributed by atoms with Crippen molar-refractivity contribution in [2.24, 2.45) is 0 Å². The van der Waals surface area contributed by atoms with Crippen LogP contribution in [0.25, 0.3) is 11.3 Å². The third-order valence-electron chi connectivity index (χ3n) is 2.09. The summed E-state index contributed by atoms with van der Waals surface area (Å²) >= 11 is 0. The van der Waals surface area contributed by atoms with Gasteiger partial charge in [0.25, 0.3) is 6.43 Å². The van der Waals surface area contributed by atoms with Gasteiger partial charge in [-0.1, -0.05) is 0 Å². The van der Waals surface area contributed by atoms with Crippen LogP contribution in [0.1, 0.15) is 12.0 Å². The quantitative estimate of drug-likeness (QED) is 0.782. The van der Waals surface area contributed by atoms with Gasteiger partial charge in [-0.05, 0) is 18.2 Å². The molecule has 0 N–H and O–H groups in total. The van der Waals surface area contributed by atoms with Crippen LogP contribution >= 0.6 is 0 Å². The molecular formula is C11H7F3N2. The number of benzene rings is 1. The molecule has 0 radical (unpaired) electrons. The first-order valence-electron chi connectivity index (χ1n) is 4.52. The average molecular weight is 224 g/mol. The predicted octanol–water partition coefficient (Wildman–Crippen LogP) is 3.22. The molecule has 2 nitrogen and oxygen atoms in total. The zero-order chi connectivity index (χ0) is 11.5. The van der Waals surface area contributed by atoms with E-state index in [1.165, 1.54) is 24.7 Å². The largest absolute Gasteiger partial charge is 0.266 e. The van der Waals surface area contributed by atoms with Crippen LogP contribution in [0, 0.1) is 5.82 Å². The maximum absolute atomic E-state index is 13.0. The van der Waals surface area contributed by atoms with Gasteiger partial charge in [-0.2, -0.15) is 0 Å². The third-order valence-corrected chi connectivity index (χ3v) is 2.09. The average Bonchev–Trinajstić information content (AvgIpc) is 2.30. The standard InChI is InChI=1S/C11H7F3N2/c12-9-2-1-7(5-8(9)11(13)14)10-6-15-3-4-16-10/h1-6,11H. The number of hydrogen-bond acceptors (Lipinski definition) is 2. The van der Waals surface area contributed by atoms with E-state index in [4.69, 9.17) is 0 Å². The molecule has 0 saturated carbocycles. The molecule has 1 aromatic heterocycles. The number of halogens is 3. The summed E-state index contributed by atoms with van der Waals surface area (Å²) in [4.78, 5) is 7.76. The minimum atomic E-state index is -2.84. The topological polar surface area (TPSA) is 25.8 Å². The summed E-state index contributed by atoms with van der Waals surface area (Å²) < 4.78 is 37.9. The van der Waals surface area contributed by atoms with Gasteiger partial charge in [-0.25, -0.2) is 13.2 Å². The molecule has 2 aromatic rings. The minimum absolute atomic E-state index is 0.421. The first-order valence-corrected chi connectivity index (χ1v) is 4.52. The number of hydrogen-bond donors (Lipinski definition) is 0. The van der Waals surface area contributed by atoms with E-state index < -0.39 is 17.8 Å². The highest BCUT2D eigenvalue weighted by atomic mass is 19.3. The second-order valence-corrected chi connectivity index (χ2v) is 3.13. The molecule has 16 heavy (non-hydrogen) atoms. The van der Waals surface area contributed by atoms with E-state index in [0.29, 0.717) is 11.3 Å². The van der Waals surface area contributed by atoms with Gasteiger partial charge < -0.3 is 0 Å². The van der Waals surface area contributed by atoms with Crippen molar-refractivity contribution in [3.05, 3.63) is 48.2 Å². The second kappa shape index (κ2) is 4.30. The zero-order valence-electron chi connectivity index (χ0n) is 8.07. The Labute approximate surface area is 89.8 Å². The molecule has 0 aliphatic carbocycles. The lowest BCUT2D eigenvalue weighted by Crippen LogP contribution is -1.92. The van der Waals surface area contributed by atoms with Crippen LogP contribution < -0.4 is 0 Å². The Morgan fingerprint density at radius 1 is 1.12 bits per heavy atom. The van der Waals surface area contributed by atoms with E-state index in [2.05, 4.69) is 9.97 Å². The van der Waals surface area contributed by atoms with Crippen LogP contribution in [0.5, 0.6) is 0 Å². The SMILES string of the molecule is Fc1ccc(-c2cnccn2)cc1C(F)F. The van der Waals surface area contributed by atoms with Gasteiger partial charge in [0.05, 0.1) is 17.5 Å². The molecule has 0 saturated heterocycles. The fourth-order valence-electron chi connectivity index (χ4n) is 1.32. The fraction of sp³-hybridized carbons (Fsp3) is 0.0909. The van der Waals surface area contributed by atoms with Crippen LogP contribution in [0.3, 0.4) is 0 Å². The van der Waals surface area contributed by atoms with Gasteiger partial charge in [0.1, 0.15) is 5.82 Å². The van der Waals surface area contributed by atoms with Crippen LogP contribution in [-0.2, 0) is 0 Å². The van der Waals surface area contributed by atoms with E-state index >= 15 is 0 Å². The summed E-state index contributed by atoms with van der Waals surface area (Å²) in [6.07, 6.45) is 1.51. The first kappa shape index (κ1) is 10.6. The van der Waals surface area contributed by atoms with E-state index in [1.54, 1.807) is 0 Å². The fourth-order valence-corrected chi connectivity index (χ4v) is 1.32. The van der Waals surface area contributed by atoms with Crippen molar-refractivity contribution in [1.29, 1.82) is 0 Å². The molecule has 0 aliphatic heterocycles. The summed E-state index contributed by atoms with van der Waals surface area (Å²) in [5.41, 5.74) is 0.234. The lowest BCUT2D eigenvalue weighted by Gasteiger charge is -2.05. The van der Waals surface area contributed by atoms with Gasteiger partial charge in [0, 0.05) is 18.0 Å². The lowest BCUT2D eigenvalue weighted by molar-refractivity contribution is 0.146. The van der Waals surface area contributed by atoms with Gasteiger partial charge in [-0.3, -0.25) is 9.97 Å². The third kappa shape index (κ3) is 2.03. The van der Waals surface area contributed by atoms with Gasteiger partial charge in [-0.15, -0.1) is 0 Å². The molecule has 82 valence electrons. The summed E-state index contributed by atoms with van der Waals surface area (Å²) in [7, 11) is 0. The van der Waals surface area contributed by atoms with Crippen molar-refractivity contribution < 1.29 is 13.2 Å². The van der Waals surface area contributed by atoms with E-state index in [9.17, 15) is 13.2 Å². The Bertz CT molecular complexity index is 486. The van der Waals surface area contributed by atoms with Crippen LogP contribution in [-0.4, -0.2) is 9.97 Å². The molecule has 0 spiro atoms. The van der Waals surface area contributed by atoms with Gasteiger partial charge in [0.2, 0.25) is 0 Å². The van der Waals surface area contributed by atoms with Crippen molar-refractivity contribution in [3.63, 3.8) is 0 Å². The molecule has 2 rings (SSSR count). The molecule has 0 atom stereocenters. The molecule has 0 fully saturated rings. The minimum Gasteiger partial charge on any atom is -0.261 e. The lowest BCUT2D eigenvalue weighted by atomic mass is 10.1. The zero-order valence-corrected chi connectivity index (χ0v) is 8.07. The van der Waals surface area contributed by atoms with Crippen molar-refractivity contribution in [1.82, 2.24) is 9.97 Å². The van der Waals surface area contributed by atoms with Crippen LogP contribution in [0.2, 0.25) is 0 Å². The highest BCUT2D eigenvalue weighted by Crippen LogP contribution is 2.26. The molecule has 0 bridgehead atoms. The first-order chi connectivity index (χ1) is 7.68. The molecular weight excluding hydrogens is 217 g/mol. The Kier molecular flexibility index (Phi) is 2.85. The highest BCUT2D eigenvalue weighted by Gasteiger charge is 2.14. The number of aromatic nitrogens is 2. The Balaban J connectivity index is 2.48. The van der Waals surface area contributed by atoms with Gasteiger partial charge in [0.15, 0.2) is 0 Å². The van der Waals surface area contributed by atoms with Crippen LogP contribution in [0.4, 0.5) is 13.2 Å². The summed E-state index contributed by atoms with van der Waals surface area (Å²) in [6.45, 7) is 0. The van der Waals surface area contributed by atoms with Crippen molar-refractivity contribution in [2.45, 2.75) is 6.43 Å². The van der Waals surface area contributed by atoms with Crippen LogP contribution in [0.15, 0.2) is 36.8 Å². The molecule has 1 heterocycles. The highest BCUT2D eigenvalue weighted by molar-refractivity contribution is 5.59. The molecule has 0 aliphatic rings. The Morgan fingerprint density at radius 2 is 1.94 bits per heavy atom. The molecule has 1 aromatic carbocycles. The van der Waals surface area contributed by atoms with Gasteiger partial charge >= 0.3 is 0 Å². The summed E-state index contributed by atoms with van der Waals surface area (Å²) in [5, 5.41) is 0. The Morgan fingerprint density at radius 3 is 2.56 bits per heavy atom.